The summed E-state index contributed by atoms with van der Waals surface area (Å²) < 4.78 is 0. The molecule has 2 atom stereocenters. The number of nitriles is 1. The summed E-state index contributed by atoms with van der Waals surface area (Å²) in [6.07, 6.45) is 2.85. The van der Waals surface area contributed by atoms with Crippen LogP contribution >= 0.6 is 23.2 Å². The SMILES string of the molecule is CCCN(CCCC(C#N)(c1ccc(Cl)c(Cl)c1)C(C)C)C(C)c1ccccc1. The molecule has 0 saturated heterocycles. The Kier molecular flexibility index (Phi) is 9.03. The van der Waals surface area contributed by atoms with E-state index in [0.29, 0.717) is 16.1 Å². The lowest BCUT2D eigenvalue weighted by Gasteiger charge is -2.34. The summed E-state index contributed by atoms with van der Waals surface area (Å²) in [4.78, 5) is 2.52. The van der Waals surface area contributed by atoms with Gasteiger partial charge in [0.25, 0.3) is 0 Å². The first kappa shape index (κ1) is 23.7. The third-order valence-electron chi connectivity index (χ3n) is 5.98. The molecule has 0 amide bonds. The van der Waals surface area contributed by atoms with E-state index in [0.717, 1.165) is 37.9 Å². The number of hydrogen-bond acceptors (Lipinski definition) is 2. The number of rotatable bonds is 10. The Morgan fingerprint density at radius 2 is 1.69 bits per heavy atom. The topological polar surface area (TPSA) is 27.0 Å². The van der Waals surface area contributed by atoms with Crippen molar-refractivity contribution < 1.29 is 0 Å². The van der Waals surface area contributed by atoms with Crippen LogP contribution in [0, 0.1) is 17.2 Å². The highest BCUT2D eigenvalue weighted by molar-refractivity contribution is 6.42. The van der Waals surface area contributed by atoms with E-state index in [-0.39, 0.29) is 5.92 Å². The van der Waals surface area contributed by atoms with Gasteiger partial charge in [0, 0.05) is 6.04 Å². The first-order valence-corrected chi connectivity index (χ1v) is 11.3. The molecule has 4 heteroatoms. The van der Waals surface area contributed by atoms with Crippen molar-refractivity contribution in [2.75, 3.05) is 13.1 Å². The van der Waals surface area contributed by atoms with Crippen LogP contribution < -0.4 is 0 Å². The maximum Gasteiger partial charge on any atom is 0.0846 e. The number of halogens is 2. The fraction of sp³-hybridized carbons (Fsp3) is 0.480. The molecule has 156 valence electrons. The molecule has 0 spiro atoms. The molecule has 0 aliphatic carbocycles. The zero-order valence-electron chi connectivity index (χ0n) is 18.0. The Balaban J connectivity index is 2.17. The minimum atomic E-state index is -0.567. The Bertz CT molecular complexity index is 813. The fourth-order valence-electron chi connectivity index (χ4n) is 4.08. The van der Waals surface area contributed by atoms with Gasteiger partial charge >= 0.3 is 0 Å². The average molecular weight is 431 g/mol. The fourth-order valence-corrected chi connectivity index (χ4v) is 4.38. The summed E-state index contributed by atoms with van der Waals surface area (Å²) in [5, 5.41) is 11.2. The molecule has 2 nitrogen and oxygen atoms in total. The van der Waals surface area contributed by atoms with Gasteiger partial charge in [-0.15, -0.1) is 0 Å². The van der Waals surface area contributed by atoms with Gasteiger partial charge in [0.1, 0.15) is 0 Å². The molecule has 0 aromatic heterocycles. The third kappa shape index (κ3) is 5.76. The highest BCUT2D eigenvalue weighted by Gasteiger charge is 2.36. The van der Waals surface area contributed by atoms with Crippen LogP contribution in [0.1, 0.15) is 64.1 Å². The summed E-state index contributed by atoms with van der Waals surface area (Å²) >= 11 is 12.4. The van der Waals surface area contributed by atoms with Gasteiger partial charge in [0.2, 0.25) is 0 Å². The molecule has 0 fully saturated rings. The van der Waals surface area contributed by atoms with Crippen LogP contribution in [-0.2, 0) is 5.41 Å². The largest absolute Gasteiger partial charge is 0.297 e. The molecule has 0 radical (unpaired) electrons. The molecule has 0 saturated carbocycles. The van der Waals surface area contributed by atoms with Crippen molar-refractivity contribution in [3.8, 4) is 6.07 Å². The Morgan fingerprint density at radius 1 is 1.00 bits per heavy atom. The van der Waals surface area contributed by atoms with Crippen LogP contribution in [0.5, 0.6) is 0 Å². The van der Waals surface area contributed by atoms with Crippen LogP contribution in [0.25, 0.3) is 0 Å². The van der Waals surface area contributed by atoms with E-state index in [1.54, 1.807) is 6.07 Å². The molecule has 0 aliphatic heterocycles. The molecule has 29 heavy (non-hydrogen) atoms. The molecule has 2 unspecified atom stereocenters. The van der Waals surface area contributed by atoms with Gasteiger partial charge in [-0.05, 0) is 68.5 Å². The molecule has 0 aliphatic rings. The standard InChI is InChI=1S/C25H32Cl2N2/c1-5-15-29(20(4)21-10-7-6-8-11-21)16-9-14-25(18-28,19(2)3)22-12-13-23(26)24(27)17-22/h6-8,10-13,17,19-20H,5,9,14-16H2,1-4H3. The van der Waals surface area contributed by atoms with Gasteiger partial charge in [0.15, 0.2) is 0 Å². The van der Waals surface area contributed by atoms with Crippen LogP contribution in [0.3, 0.4) is 0 Å². The Hall–Kier alpha value is -1.53. The maximum absolute atomic E-state index is 10.2. The lowest BCUT2D eigenvalue weighted by molar-refractivity contribution is 0.198. The van der Waals surface area contributed by atoms with E-state index in [1.807, 2.05) is 12.1 Å². The van der Waals surface area contributed by atoms with Crippen molar-refractivity contribution in [2.24, 2.45) is 5.92 Å². The Morgan fingerprint density at radius 3 is 2.24 bits per heavy atom. The lowest BCUT2D eigenvalue weighted by atomic mass is 9.70. The summed E-state index contributed by atoms with van der Waals surface area (Å²) in [6, 6.07) is 19.2. The van der Waals surface area contributed by atoms with Gasteiger partial charge in [-0.25, -0.2) is 0 Å². The van der Waals surface area contributed by atoms with E-state index in [9.17, 15) is 5.26 Å². The van der Waals surface area contributed by atoms with Crippen LogP contribution in [-0.4, -0.2) is 18.0 Å². The van der Waals surface area contributed by atoms with Gasteiger partial charge in [-0.3, -0.25) is 4.90 Å². The van der Waals surface area contributed by atoms with E-state index in [4.69, 9.17) is 23.2 Å². The van der Waals surface area contributed by atoms with Crippen molar-refractivity contribution in [1.82, 2.24) is 4.90 Å². The molecule has 2 aromatic carbocycles. The summed E-state index contributed by atoms with van der Waals surface area (Å²) in [6.45, 7) is 10.7. The molecular weight excluding hydrogens is 399 g/mol. The van der Waals surface area contributed by atoms with Crippen molar-refractivity contribution in [3.63, 3.8) is 0 Å². The summed E-state index contributed by atoms with van der Waals surface area (Å²) in [5.41, 5.74) is 1.73. The van der Waals surface area contributed by atoms with E-state index in [1.165, 1.54) is 5.56 Å². The van der Waals surface area contributed by atoms with Crippen LogP contribution in [0.4, 0.5) is 0 Å². The third-order valence-corrected chi connectivity index (χ3v) is 6.72. The Labute approximate surface area is 186 Å². The van der Waals surface area contributed by atoms with Crippen LogP contribution in [0.15, 0.2) is 48.5 Å². The highest BCUT2D eigenvalue weighted by Crippen LogP contribution is 2.39. The molecule has 0 heterocycles. The number of hydrogen-bond donors (Lipinski definition) is 0. The first-order chi connectivity index (χ1) is 13.9. The molecule has 0 bridgehead atoms. The monoisotopic (exact) mass is 430 g/mol. The second-order valence-corrected chi connectivity index (χ2v) is 8.91. The minimum absolute atomic E-state index is 0.177. The molecular formula is C25H32Cl2N2. The first-order valence-electron chi connectivity index (χ1n) is 10.5. The second kappa shape index (κ2) is 11.0. The maximum atomic E-state index is 10.2. The molecule has 0 N–H and O–H groups in total. The predicted molar refractivity (Wildman–Crippen MR) is 125 cm³/mol. The van der Waals surface area contributed by atoms with Crippen molar-refractivity contribution in [1.29, 1.82) is 5.26 Å². The number of benzene rings is 2. The molecule has 2 rings (SSSR count). The lowest BCUT2D eigenvalue weighted by Crippen LogP contribution is -2.34. The summed E-state index contributed by atoms with van der Waals surface area (Å²) in [7, 11) is 0. The van der Waals surface area contributed by atoms with Crippen molar-refractivity contribution >= 4 is 23.2 Å². The normalized spacial score (nSPS) is 14.6. The second-order valence-electron chi connectivity index (χ2n) is 8.09. The number of nitrogens with zero attached hydrogens (tertiary/aromatic N) is 2. The van der Waals surface area contributed by atoms with E-state index >= 15 is 0 Å². The van der Waals surface area contributed by atoms with Gasteiger partial charge in [0.05, 0.1) is 21.5 Å². The quantitative estimate of drug-likeness (QED) is 0.386. The van der Waals surface area contributed by atoms with E-state index in [2.05, 4.69) is 69.0 Å². The van der Waals surface area contributed by atoms with Gasteiger partial charge < -0.3 is 0 Å². The zero-order chi connectivity index (χ0) is 21.4. The van der Waals surface area contributed by atoms with Crippen LogP contribution in [0.2, 0.25) is 10.0 Å². The molecule has 2 aromatic rings. The zero-order valence-corrected chi connectivity index (χ0v) is 19.5. The minimum Gasteiger partial charge on any atom is -0.297 e. The van der Waals surface area contributed by atoms with Gasteiger partial charge in [-0.2, -0.15) is 5.26 Å². The summed E-state index contributed by atoms with van der Waals surface area (Å²) in [5.74, 6) is 0.177. The predicted octanol–water partition coefficient (Wildman–Crippen LogP) is 7.66. The van der Waals surface area contributed by atoms with Crippen molar-refractivity contribution in [3.05, 3.63) is 69.7 Å². The smallest absolute Gasteiger partial charge is 0.0846 e. The van der Waals surface area contributed by atoms with Gasteiger partial charge in [-0.1, -0.05) is 80.4 Å². The highest BCUT2D eigenvalue weighted by atomic mass is 35.5. The average Bonchev–Trinajstić information content (AvgIpc) is 2.72. The van der Waals surface area contributed by atoms with E-state index < -0.39 is 5.41 Å². The van der Waals surface area contributed by atoms with Crippen molar-refractivity contribution in [2.45, 2.75) is 58.4 Å².